The van der Waals surface area contributed by atoms with Gasteiger partial charge in [0.05, 0.1) is 22.5 Å². The Morgan fingerprint density at radius 1 is 1.19 bits per heavy atom. The topological polar surface area (TPSA) is 81.2 Å². The molecule has 3 aromatic rings. The number of nitrogens with two attached hydrogens (primary N) is 1. The van der Waals surface area contributed by atoms with Crippen molar-refractivity contribution >= 4 is 21.1 Å². The third-order valence-electron chi connectivity index (χ3n) is 4.60. The summed E-state index contributed by atoms with van der Waals surface area (Å²) >= 11 is 0. The maximum atomic E-state index is 14.0. The fourth-order valence-corrected chi connectivity index (χ4v) is 4.08. The molecule has 2 N–H and O–H groups in total. The molecule has 0 saturated heterocycles. The molecule has 1 aromatic heterocycles. The number of para-hydroxylation sites is 1. The average Bonchev–Trinajstić information content (AvgIpc) is 3.07. The number of benzene rings is 2. The van der Waals surface area contributed by atoms with Gasteiger partial charge in [-0.1, -0.05) is 24.3 Å². The number of rotatable bonds is 6. The van der Waals surface area contributed by atoms with E-state index in [1.165, 1.54) is 50.5 Å². The summed E-state index contributed by atoms with van der Waals surface area (Å²) in [5, 5.41) is 0. The van der Waals surface area contributed by atoms with Crippen molar-refractivity contribution in [3.63, 3.8) is 0 Å². The van der Waals surface area contributed by atoms with Gasteiger partial charge in [0.25, 0.3) is 0 Å². The number of imidazole rings is 1. The molecule has 166 valence electrons. The fourth-order valence-electron chi connectivity index (χ4n) is 3.13. The van der Waals surface area contributed by atoms with Gasteiger partial charge in [0, 0.05) is 26.2 Å². The smallest absolute Gasteiger partial charge is 0.327 e. The van der Waals surface area contributed by atoms with Crippen molar-refractivity contribution in [2.45, 2.75) is 17.6 Å². The van der Waals surface area contributed by atoms with Crippen LogP contribution in [0.2, 0.25) is 0 Å². The zero-order valence-electron chi connectivity index (χ0n) is 16.7. The van der Waals surface area contributed by atoms with Crippen molar-refractivity contribution in [3.8, 4) is 11.1 Å². The van der Waals surface area contributed by atoms with E-state index in [0.29, 0.717) is 11.1 Å². The Hall–Kier alpha value is -2.76. The minimum Gasteiger partial charge on any atom is -0.327 e. The molecule has 0 radical (unpaired) electrons. The average molecular weight is 456 g/mol. The molecule has 0 bridgehead atoms. The zero-order valence-corrected chi connectivity index (χ0v) is 17.5. The Labute approximate surface area is 176 Å². The minimum absolute atomic E-state index is 0.0144. The summed E-state index contributed by atoms with van der Waals surface area (Å²) in [6, 6.07) is 10.3. The number of nitrogens with zero attached hydrogens (tertiary/aromatic N) is 3. The summed E-state index contributed by atoms with van der Waals surface area (Å²) < 4.78 is 81.6. The summed E-state index contributed by atoms with van der Waals surface area (Å²) in [7, 11) is -0.994. The van der Waals surface area contributed by atoms with Crippen molar-refractivity contribution in [2.75, 3.05) is 20.6 Å². The van der Waals surface area contributed by atoms with Crippen molar-refractivity contribution in [3.05, 3.63) is 60.2 Å². The summed E-state index contributed by atoms with van der Waals surface area (Å²) in [5.74, 6) is -2.08. The van der Waals surface area contributed by atoms with E-state index in [2.05, 4.69) is 4.98 Å². The van der Waals surface area contributed by atoms with Crippen molar-refractivity contribution in [1.82, 2.24) is 13.9 Å². The van der Waals surface area contributed by atoms with E-state index < -0.39 is 34.4 Å². The lowest BCUT2D eigenvalue weighted by Crippen LogP contribution is -2.22. The molecule has 0 aliphatic carbocycles. The molecular weight excluding hydrogens is 436 g/mol. The molecule has 0 aliphatic rings. The first-order chi connectivity index (χ1) is 14.5. The third-order valence-corrected chi connectivity index (χ3v) is 6.42. The van der Waals surface area contributed by atoms with E-state index in [-0.39, 0.29) is 22.5 Å². The van der Waals surface area contributed by atoms with Gasteiger partial charge in [-0.15, -0.1) is 0 Å². The number of hydrogen-bond acceptors (Lipinski definition) is 4. The predicted molar refractivity (Wildman–Crippen MR) is 109 cm³/mol. The molecular formula is C20H20F4N4O2S. The number of halogens is 4. The van der Waals surface area contributed by atoms with Gasteiger partial charge in [0.15, 0.2) is 0 Å². The highest BCUT2D eigenvalue weighted by Crippen LogP contribution is 2.36. The van der Waals surface area contributed by atoms with Crippen LogP contribution in [0.1, 0.15) is 5.82 Å². The lowest BCUT2D eigenvalue weighted by atomic mass is 10.0. The second kappa shape index (κ2) is 8.40. The number of alkyl halides is 3. The van der Waals surface area contributed by atoms with Crippen LogP contribution in [0, 0.1) is 0 Å². The number of aromatic nitrogens is 2. The summed E-state index contributed by atoms with van der Waals surface area (Å²) in [4.78, 5) is 3.74. The first-order valence-corrected chi connectivity index (χ1v) is 10.5. The standard InChI is InChI=1S/C20H20F4N4O2S/c1-27(2)31(29,30)15-6-3-5-13(11-15)16-7-4-8-17-18(16)26-19(20(22,23)24)28(17)12-14(21)9-10-25/h3-9,11H,10,12,25H2,1-2H3/b14-9-. The molecule has 0 saturated carbocycles. The van der Waals surface area contributed by atoms with Crippen LogP contribution in [0.5, 0.6) is 0 Å². The third kappa shape index (κ3) is 4.48. The lowest BCUT2D eigenvalue weighted by Gasteiger charge is -2.12. The van der Waals surface area contributed by atoms with Crippen molar-refractivity contribution in [2.24, 2.45) is 5.73 Å². The molecule has 31 heavy (non-hydrogen) atoms. The molecule has 0 fully saturated rings. The fraction of sp³-hybridized carbons (Fsp3) is 0.250. The predicted octanol–water partition coefficient (Wildman–Crippen LogP) is 3.78. The molecule has 0 spiro atoms. The second-order valence-corrected chi connectivity index (χ2v) is 9.05. The van der Waals surface area contributed by atoms with Gasteiger partial charge in [-0.05, 0) is 29.8 Å². The Bertz CT molecular complexity index is 1250. The van der Waals surface area contributed by atoms with Crippen LogP contribution in [-0.2, 0) is 22.7 Å². The van der Waals surface area contributed by atoms with Crippen LogP contribution >= 0.6 is 0 Å². The highest BCUT2D eigenvalue weighted by atomic mass is 32.2. The monoisotopic (exact) mass is 456 g/mol. The number of hydrogen-bond donors (Lipinski definition) is 1. The summed E-state index contributed by atoms with van der Waals surface area (Å²) in [5.41, 5.74) is 5.95. The molecule has 6 nitrogen and oxygen atoms in total. The Morgan fingerprint density at radius 3 is 2.48 bits per heavy atom. The van der Waals surface area contributed by atoms with Gasteiger partial charge in [0.1, 0.15) is 5.83 Å². The van der Waals surface area contributed by atoms with Crippen LogP contribution in [0.4, 0.5) is 17.6 Å². The lowest BCUT2D eigenvalue weighted by molar-refractivity contribution is -0.146. The van der Waals surface area contributed by atoms with Gasteiger partial charge >= 0.3 is 6.18 Å². The van der Waals surface area contributed by atoms with E-state index in [1.54, 1.807) is 6.07 Å². The highest BCUT2D eigenvalue weighted by Gasteiger charge is 2.38. The SMILES string of the molecule is CN(C)S(=O)(=O)c1cccc(-c2cccc3c2nc(C(F)(F)F)n3C/C(F)=C/CN)c1. The molecule has 0 amide bonds. The molecule has 0 aliphatic heterocycles. The minimum atomic E-state index is -4.82. The molecule has 11 heteroatoms. The van der Waals surface area contributed by atoms with E-state index in [0.717, 1.165) is 14.9 Å². The van der Waals surface area contributed by atoms with Crippen LogP contribution < -0.4 is 5.73 Å². The van der Waals surface area contributed by atoms with Crippen LogP contribution in [0.15, 0.2) is 59.3 Å². The van der Waals surface area contributed by atoms with Crippen LogP contribution in [0.25, 0.3) is 22.2 Å². The molecule has 1 heterocycles. The van der Waals surface area contributed by atoms with Crippen LogP contribution in [0.3, 0.4) is 0 Å². The molecule has 0 unspecified atom stereocenters. The van der Waals surface area contributed by atoms with Crippen LogP contribution in [-0.4, -0.2) is 42.9 Å². The van der Waals surface area contributed by atoms with Gasteiger partial charge < -0.3 is 10.3 Å². The van der Waals surface area contributed by atoms with Gasteiger partial charge in [0.2, 0.25) is 15.8 Å². The Morgan fingerprint density at radius 2 is 1.87 bits per heavy atom. The number of fused-ring (bicyclic) bond motifs is 1. The first-order valence-electron chi connectivity index (χ1n) is 9.11. The van der Waals surface area contributed by atoms with E-state index in [1.807, 2.05) is 0 Å². The molecule has 2 aromatic carbocycles. The van der Waals surface area contributed by atoms with Gasteiger partial charge in [-0.25, -0.2) is 22.1 Å². The van der Waals surface area contributed by atoms with Crippen molar-refractivity contribution < 1.29 is 26.0 Å². The number of sulfonamides is 1. The van der Waals surface area contributed by atoms with Crippen molar-refractivity contribution in [1.29, 1.82) is 0 Å². The summed E-state index contributed by atoms with van der Waals surface area (Å²) in [6.07, 6.45) is -3.83. The van der Waals surface area contributed by atoms with Gasteiger partial charge in [-0.2, -0.15) is 13.2 Å². The quantitative estimate of drug-likeness (QED) is 0.573. The van der Waals surface area contributed by atoms with Gasteiger partial charge in [-0.3, -0.25) is 0 Å². The highest BCUT2D eigenvalue weighted by molar-refractivity contribution is 7.89. The second-order valence-electron chi connectivity index (χ2n) is 6.89. The first kappa shape index (κ1) is 22.9. The van der Waals surface area contributed by atoms with E-state index >= 15 is 0 Å². The molecule has 3 rings (SSSR count). The summed E-state index contributed by atoms with van der Waals surface area (Å²) in [6.45, 7) is -0.834. The molecule has 0 atom stereocenters. The van der Waals surface area contributed by atoms with E-state index in [4.69, 9.17) is 5.73 Å². The largest absolute Gasteiger partial charge is 0.449 e. The van der Waals surface area contributed by atoms with E-state index in [9.17, 15) is 26.0 Å². The number of allylic oxidation sites excluding steroid dienone is 1. The zero-order chi connectivity index (χ0) is 23.0. The maximum Gasteiger partial charge on any atom is 0.449 e. The normalized spacial score (nSPS) is 13.4. The maximum absolute atomic E-state index is 14.0. The Kier molecular flexibility index (Phi) is 6.21. The Balaban J connectivity index is 2.25.